The maximum atomic E-state index is 13.4. The minimum atomic E-state index is -0.298. The van der Waals surface area contributed by atoms with Crippen LogP contribution in [0.3, 0.4) is 0 Å². The normalized spacial score (nSPS) is 16.3. The molecule has 3 aromatic rings. The number of carbonyl (C=O) groups is 1. The van der Waals surface area contributed by atoms with Crippen molar-refractivity contribution in [1.29, 1.82) is 0 Å². The molecule has 0 bridgehead atoms. The number of nitrogens with one attached hydrogen (secondary N) is 1. The molecule has 1 unspecified atom stereocenters. The van der Waals surface area contributed by atoms with Crippen molar-refractivity contribution in [3.63, 3.8) is 0 Å². The van der Waals surface area contributed by atoms with Crippen LogP contribution in [0, 0.1) is 18.7 Å². The Morgan fingerprint density at radius 3 is 2.82 bits per heavy atom. The average Bonchev–Trinajstić information content (AvgIpc) is 3.12. The van der Waals surface area contributed by atoms with E-state index in [0.29, 0.717) is 16.7 Å². The molecule has 1 aromatic carbocycles. The number of aromatic nitrogens is 1. The van der Waals surface area contributed by atoms with E-state index in [1.54, 1.807) is 12.1 Å². The van der Waals surface area contributed by atoms with Crippen LogP contribution in [0.5, 0.6) is 0 Å². The molecular formula is C22H24FN3O2. The van der Waals surface area contributed by atoms with Crippen molar-refractivity contribution in [3.05, 3.63) is 59.9 Å². The Kier molecular flexibility index (Phi) is 5.03. The van der Waals surface area contributed by atoms with Crippen molar-refractivity contribution in [2.24, 2.45) is 5.92 Å². The van der Waals surface area contributed by atoms with Crippen LogP contribution in [0.25, 0.3) is 11.0 Å². The van der Waals surface area contributed by atoms with Gasteiger partial charge in [-0.3, -0.25) is 9.78 Å². The number of hydrogen-bond acceptors (Lipinski definition) is 4. The Bertz CT molecular complexity index is 992. The SMILES string of the molecule is Cc1cnccc1N1CCC(C(=O)NC(C)c2cc3cc(F)ccc3o2)CC1. The van der Waals surface area contributed by atoms with Gasteiger partial charge in [-0.15, -0.1) is 0 Å². The second kappa shape index (κ2) is 7.62. The summed E-state index contributed by atoms with van der Waals surface area (Å²) in [6.07, 6.45) is 5.30. The lowest BCUT2D eigenvalue weighted by Gasteiger charge is -2.34. The van der Waals surface area contributed by atoms with Crippen LogP contribution in [-0.4, -0.2) is 24.0 Å². The Morgan fingerprint density at radius 1 is 1.29 bits per heavy atom. The zero-order valence-corrected chi connectivity index (χ0v) is 16.1. The van der Waals surface area contributed by atoms with E-state index < -0.39 is 0 Å². The summed E-state index contributed by atoms with van der Waals surface area (Å²) in [5, 5.41) is 3.76. The molecular weight excluding hydrogens is 357 g/mol. The summed E-state index contributed by atoms with van der Waals surface area (Å²) in [6, 6.07) is 7.98. The molecule has 2 aromatic heterocycles. The van der Waals surface area contributed by atoms with E-state index in [-0.39, 0.29) is 23.7 Å². The fraction of sp³-hybridized carbons (Fsp3) is 0.364. The molecule has 1 N–H and O–H groups in total. The maximum Gasteiger partial charge on any atom is 0.223 e. The van der Waals surface area contributed by atoms with Gasteiger partial charge in [0, 0.05) is 42.5 Å². The average molecular weight is 381 g/mol. The largest absolute Gasteiger partial charge is 0.459 e. The molecule has 1 aliphatic rings. The van der Waals surface area contributed by atoms with E-state index in [1.807, 2.05) is 25.4 Å². The van der Waals surface area contributed by atoms with Crippen molar-refractivity contribution < 1.29 is 13.6 Å². The number of piperidine rings is 1. The lowest BCUT2D eigenvalue weighted by atomic mass is 9.95. The number of halogens is 1. The van der Waals surface area contributed by atoms with Gasteiger partial charge in [0.2, 0.25) is 5.91 Å². The van der Waals surface area contributed by atoms with Crippen LogP contribution in [0.15, 0.2) is 47.1 Å². The van der Waals surface area contributed by atoms with E-state index in [0.717, 1.165) is 31.5 Å². The van der Waals surface area contributed by atoms with E-state index in [9.17, 15) is 9.18 Å². The minimum Gasteiger partial charge on any atom is -0.459 e. The van der Waals surface area contributed by atoms with E-state index in [2.05, 4.69) is 22.1 Å². The van der Waals surface area contributed by atoms with E-state index in [4.69, 9.17) is 4.42 Å². The molecule has 1 atom stereocenters. The van der Waals surface area contributed by atoms with Crippen LogP contribution < -0.4 is 10.2 Å². The highest BCUT2D eigenvalue weighted by atomic mass is 19.1. The van der Waals surface area contributed by atoms with Gasteiger partial charge in [-0.05, 0) is 62.6 Å². The summed E-state index contributed by atoms with van der Waals surface area (Å²) < 4.78 is 19.1. The summed E-state index contributed by atoms with van der Waals surface area (Å²) in [7, 11) is 0. The predicted molar refractivity (Wildman–Crippen MR) is 107 cm³/mol. The molecule has 5 nitrogen and oxygen atoms in total. The smallest absolute Gasteiger partial charge is 0.223 e. The quantitative estimate of drug-likeness (QED) is 0.729. The van der Waals surface area contributed by atoms with Crippen LogP contribution in [-0.2, 0) is 4.79 Å². The third-order valence-electron chi connectivity index (χ3n) is 5.48. The van der Waals surface area contributed by atoms with Gasteiger partial charge < -0.3 is 14.6 Å². The van der Waals surface area contributed by atoms with Crippen LogP contribution in [0.1, 0.15) is 37.1 Å². The standard InChI is InChI=1S/C22H24FN3O2/c1-14-13-24-8-5-19(14)26-9-6-16(7-10-26)22(27)25-15(2)21-12-17-11-18(23)3-4-20(17)28-21/h3-5,8,11-13,15-16H,6-7,9-10H2,1-2H3,(H,25,27). The first-order valence-corrected chi connectivity index (χ1v) is 9.66. The number of amides is 1. The number of nitrogens with zero attached hydrogens (tertiary/aromatic N) is 2. The number of furan rings is 1. The molecule has 1 aliphatic heterocycles. The van der Waals surface area contributed by atoms with Crippen molar-refractivity contribution in [2.45, 2.75) is 32.7 Å². The van der Waals surface area contributed by atoms with E-state index >= 15 is 0 Å². The molecule has 6 heteroatoms. The van der Waals surface area contributed by atoms with Gasteiger partial charge in [-0.1, -0.05) is 0 Å². The zero-order valence-electron chi connectivity index (χ0n) is 16.1. The highest BCUT2D eigenvalue weighted by molar-refractivity contribution is 5.80. The van der Waals surface area contributed by atoms with Gasteiger partial charge >= 0.3 is 0 Å². The van der Waals surface area contributed by atoms with Gasteiger partial charge in [0.05, 0.1) is 6.04 Å². The molecule has 1 fully saturated rings. The molecule has 0 saturated carbocycles. The fourth-order valence-corrected chi connectivity index (χ4v) is 3.85. The molecule has 0 radical (unpaired) electrons. The predicted octanol–water partition coefficient (Wildman–Crippen LogP) is 4.37. The van der Waals surface area contributed by atoms with Gasteiger partial charge in [0.15, 0.2) is 0 Å². The summed E-state index contributed by atoms with van der Waals surface area (Å²) in [5.74, 6) is 0.374. The molecule has 0 spiro atoms. The van der Waals surface area contributed by atoms with Gasteiger partial charge in [0.1, 0.15) is 17.2 Å². The summed E-state index contributed by atoms with van der Waals surface area (Å²) in [4.78, 5) is 19.2. The van der Waals surface area contributed by atoms with E-state index in [1.165, 1.54) is 17.8 Å². The Balaban J connectivity index is 1.36. The molecule has 28 heavy (non-hydrogen) atoms. The highest BCUT2D eigenvalue weighted by Gasteiger charge is 2.27. The molecule has 1 amide bonds. The Labute approximate surface area is 163 Å². The van der Waals surface area contributed by atoms with Crippen molar-refractivity contribution >= 4 is 22.6 Å². The van der Waals surface area contributed by atoms with Crippen LogP contribution in [0.4, 0.5) is 10.1 Å². The number of aryl methyl sites for hydroxylation is 1. The Hall–Kier alpha value is -2.89. The topological polar surface area (TPSA) is 58.4 Å². The molecule has 3 heterocycles. The van der Waals surface area contributed by atoms with Crippen molar-refractivity contribution in [1.82, 2.24) is 10.3 Å². The zero-order chi connectivity index (χ0) is 19.7. The maximum absolute atomic E-state index is 13.4. The highest BCUT2D eigenvalue weighted by Crippen LogP contribution is 2.27. The molecule has 1 saturated heterocycles. The number of hydrogen-bond donors (Lipinski definition) is 1. The number of anilines is 1. The lowest BCUT2D eigenvalue weighted by molar-refractivity contribution is -0.126. The first-order valence-electron chi connectivity index (χ1n) is 9.66. The third-order valence-corrected chi connectivity index (χ3v) is 5.48. The van der Waals surface area contributed by atoms with Crippen LogP contribution in [0.2, 0.25) is 0 Å². The summed E-state index contributed by atoms with van der Waals surface area (Å²) in [6.45, 7) is 5.64. The molecule has 146 valence electrons. The summed E-state index contributed by atoms with van der Waals surface area (Å²) in [5.41, 5.74) is 2.97. The van der Waals surface area contributed by atoms with Crippen LogP contribution >= 0.6 is 0 Å². The molecule has 0 aliphatic carbocycles. The monoisotopic (exact) mass is 381 g/mol. The molecule has 4 rings (SSSR count). The first kappa shape index (κ1) is 18.5. The second-order valence-corrected chi connectivity index (χ2v) is 7.48. The van der Waals surface area contributed by atoms with Gasteiger partial charge in [-0.25, -0.2) is 4.39 Å². The summed E-state index contributed by atoms with van der Waals surface area (Å²) >= 11 is 0. The number of rotatable bonds is 4. The fourth-order valence-electron chi connectivity index (χ4n) is 3.85. The second-order valence-electron chi connectivity index (χ2n) is 7.48. The minimum absolute atomic E-state index is 0.0114. The third kappa shape index (κ3) is 3.72. The van der Waals surface area contributed by atoms with Gasteiger partial charge in [0.25, 0.3) is 0 Å². The Morgan fingerprint density at radius 2 is 2.07 bits per heavy atom. The lowest BCUT2D eigenvalue weighted by Crippen LogP contribution is -2.41. The number of pyridine rings is 1. The first-order chi connectivity index (χ1) is 13.5. The van der Waals surface area contributed by atoms with Crippen molar-refractivity contribution in [2.75, 3.05) is 18.0 Å². The van der Waals surface area contributed by atoms with Gasteiger partial charge in [-0.2, -0.15) is 0 Å². The number of benzene rings is 1. The van der Waals surface area contributed by atoms with Crippen molar-refractivity contribution in [3.8, 4) is 0 Å². The number of carbonyl (C=O) groups excluding carboxylic acids is 1. The number of fused-ring (bicyclic) bond motifs is 1.